The minimum atomic E-state index is -0.937. The summed E-state index contributed by atoms with van der Waals surface area (Å²) in [6.45, 7) is 0. The molecule has 0 saturated heterocycles. The van der Waals surface area contributed by atoms with Crippen LogP contribution in [0, 0.1) is 11.6 Å². The summed E-state index contributed by atoms with van der Waals surface area (Å²) in [6, 6.07) is 8.35. The zero-order valence-corrected chi connectivity index (χ0v) is 11.0. The van der Waals surface area contributed by atoms with Gasteiger partial charge in [0.15, 0.2) is 0 Å². The van der Waals surface area contributed by atoms with Crippen molar-refractivity contribution in [2.45, 2.75) is 12.5 Å². The van der Waals surface area contributed by atoms with Gasteiger partial charge in [0.1, 0.15) is 11.6 Å². The molecule has 3 nitrogen and oxygen atoms in total. The quantitative estimate of drug-likeness (QED) is 0.804. The fraction of sp³-hybridized carbons (Fsp3) is 0.125. The summed E-state index contributed by atoms with van der Waals surface area (Å²) in [7, 11) is 0. The Morgan fingerprint density at radius 1 is 0.952 bits per heavy atom. The van der Waals surface area contributed by atoms with Crippen LogP contribution < -0.4 is 0 Å². The number of hydrogen-bond acceptors (Lipinski definition) is 3. The topological polar surface area (TPSA) is 46.0 Å². The highest BCUT2D eigenvalue weighted by Crippen LogP contribution is 2.23. The van der Waals surface area contributed by atoms with Crippen molar-refractivity contribution in [1.29, 1.82) is 0 Å². The van der Waals surface area contributed by atoms with Crippen molar-refractivity contribution in [2.75, 3.05) is 0 Å². The molecule has 0 bridgehead atoms. The van der Waals surface area contributed by atoms with Crippen LogP contribution in [-0.2, 0) is 6.42 Å². The molecule has 1 heterocycles. The van der Waals surface area contributed by atoms with E-state index in [-0.39, 0.29) is 12.0 Å². The molecule has 1 N–H and O–H groups in total. The van der Waals surface area contributed by atoms with Crippen LogP contribution in [0.5, 0.6) is 0 Å². The lowest BCUT2D eigenvalue weighted by Crippen LogP contribution is -2.04. The predicted molar refractivity (Wildman–Crippen MR) is 74.6 cm³/mol. The Balaban J connectivity index is 1.89. The van der Waals surface area contributed by atoms with Crippen molar-refractivity contribution >= 4 is 11.0 Å². The molecule has 5 heteroatoms. The first kappa shape index (κ1) is 13.6. The van der Waals surface area contributed by atoms with Crippen molar-refractivity contribution in [3.05, 3.63) is 71.6 Å². The van der Waals surface area contributed by atoms with Crippen LogP contribution in [0.4, 0.5) is 8.78 Å². The lowest BCUT2D eigenvalue weighted by Gasteiger charge is -2.12. The number of aromatic nitrogens is 2. The minimum Gasteiger partial charge on any atom is -0.388 e. The van der Waals surface area contributed by atoms with Crippen molar-refractivity contribution in [2.24, 2.45) is 0 Å². The molecule has 0 fully saturated rings. The second-order valence-corrected chi connectivity index (χ2v) is 4.76. The first-order valence-corrected chi connectivity index (χ1v) is 6.46. The van der Waals surface area contributed by atoms with Crippen molar-refractivity contribution in [1.82, 2.24) is 9.97 Å². The third-order valence-electron chi connectivity index (χ3n) is 3.30. The van der Waals surface area contributed by atoms with E-state index >= 15 is 0 Å². The minimum absolute atomic E-state index is 0.00460. The third kappa shape index (κ3) is 2.87. The molecule has 0 spiro atoms. The highest BCUT2D eigenvalue weighted by molar-refractivity contribution is 5.74. The SMILES string of the molecule is OC(Cc1cc(F)ccc1F)c1ccc2nccnc2c1. The molecule has 106 valence electrons. The van der Waals surface area contributed by atoms with E-state index in [2.05, 4.69) is 9.97 Å². The van der Waals surface area contributed by atoms with Crippen molar-refractivity contribution < 1.29 is 13.9 Å². The third-order valence-corrected chi connectivity index (χ3v) is 3.30. The molecular formula is C16H12F2N2O. The highest BCUT2D eigenvalue weighted by Gasteiger charge is 2.13. The molecule has 21 heavy (non-hydrogen) atoms. The average Bonchev–Trinajstić information content (AvgIpc) is 2.50. The first-order chi connectivity index (χ1) is 10.1. The molecule has 3 rings (SSSR count). The van der Waals surface area contributed by atoms with E-state index in [1.54, 1.807) is 30.6 Å². The summed E-state index contributed by atoms with van der Waals surface area (Å²) in [5.74, 6) is -1.06. The smallest absolute Gasteiger partial charge is 0.126 e. The van der Waals surface area contributed by atoms with E-state index in [9.17, 15) is 13.9 Å². The Kier molecular flexibility index (Phi) is 3.58. The van der Waals surface area contributed by atoms with Crippen molar-refractivity contribution in [3.63, 3.8) is 0 Å². The van der Waals surface area contributed by atoms with Gasteiger partial charge in [-0.2, -0.15) is 0 Å². The molecule has 3 aromatic rings. The molecule has 1 aromatic heterocycles. The summed E-state index contributed by atoms with van der Waals surface area (Å²) >= 11 is 0. The zero-order chi connectivity index (χ0) is 14.8. The van der Waals surface area contributed by atoms with Crippen LogP contribution in [0.15, 0.2) is 48.8 Å². The molecule has 0 saturated carbocycles. The maximum absolute atomic E-state index is 13.6. The second-order valence-electron chi connectivity index (χ2n) is 4.76. The number of rotatable bonds is 3. The Bertz CT molecular complexity index is 792. The Labute approximate surface area is 119 Å². The Hall–Kier alpha value is -2.40. The zero-order valence-electron chi connectivity index (χ0n) is 11.0. The summed E-state index contributed by atoms with van der Waals surface area (Å²) < 4.78 is 26.7. The monoisotopic (exact) mass is 286 g/mol. The number of benzene rings is 2. The fourth-order valence-electron chi connectivity index (χ4n) is 2.21. The highest BCUT2D eigenvalue weighted by atomic mass is 19.1. The van der Waals surface area contributed by atoms with E-state index in [0.717, 1.165) is 18.2 Å². The van der Waals surface area contributed by atoms with Gasteiger partial charge >= 0.3 is 0 Å². The normalized spacial score (nSPS) is 12.5. The molecule has 1 unspecified atom stereocenters. The van der Waals surface area contributed by atoms with Crippen molar-refractivity contribution in [3.8, 4) is 0 Å². The largest absolute Gasteiger partial charge is 0.388 e. The van der Waals surface area contributed by atoms with E-state index in [4.69, 9.17) is 0 Å². The molecule has 1 atom stereocenters. The van der Waals surface area contributed by atoms with Gasteiger partial charge in [-0.15, -0.1) is 0 Å². The van der Waals surface area contributed by atoms with Crippen LogP contribution in [-0.4, -0.2) is 15.1 Å². The Morgan fingerprint density at radius 3 is 2.52 bits per heavy atom. The molecule has 0 aliphatic rings. The number of fused-ring (bicyclic) bond motifs is 1. The number of aliphatic hydroxyl groups is 1. The van der Waals surface area contributed by atoms with E-state index < -0.39 is 17.7 Å². The second kappa shape index (κ2) is 5.54. The summed E-state index contributed by atoms with van der Waals surface area (Å²) in [4.78, 5) is 8.29. The molecule has 0 aliphatic carbocycles. The Morgan fingerprint density at radius 2 is 1.71 bits per heavy atom. The van der Waals surface area contributed by atoms with Gasteiger partial charge in [0.25, 0.3) is 0 Å². The van der Waals surface area contributed by atoms with Crippen LogP contribution in [0.25, 0.3) is 11.0 Å². The van der Waals surface area contributed by atoms with Gasteiger partial charge in [0.2, 0.25) is 0 Å². The van der Waals surface area contributed by atoms with E-state index in [1.165, 1.54) is 0 Å². The number of halogens is 2. The van der Waals surface area contributed by atoms with Crippen LogP contribution in [0.3, 0.4) is 0 Å². The predicted octanol–water partition coefficient (Wildman–Crippen LogP) is 3.18. The number of hydrogen-bond donors (Lipinski definition) is 1. The molecular weight excluding hydrogens is 274 g/mol. The summed E-state index contributed by atoms with van der Waals surface area (Å²) in [6.07, 6.45) is 2.20. The van der Waals surface area contributed by atoms with Gasteiger partial charge in [0, 0.05) is 18.8 Å². The maximum Gasteiger partial charge on any atom is 0.126 e. The van der Waals surface area contributed by atoms with Gasteiger partial charge in [-0.05, 0) is 41.5 Å². The first-order valence-electron chi connectivity index (χ1n) is 6.46. The number of nitrogens with zero attached hydrogens (tertiary/aromatic N) is 2. The average molecular weight is 286 g/mol. The lowest BCUT2D eigenvalue weighted by molar-refractivity contribution is 0.177. The van der Waals surface area contributed by atoms with E-state index in [0.29, 0.717) is 16.6 Å². The fourth-order valence-corrected chi connectivity index (χ4v) is 2.21. The number of aliphatic hydroxyl groups excluding tert-OH is 1. The van der Waals surface area contributed by atoms with Gasteiger partial charge in [-0.3, -0.25) is 9.97 Å². The molecule has 0 aliphatic heterocycles. The maximum atomic E-state index is 13.6. The van der Waals surface area contributed by atoms with E-state index in [1.807, 2.05) is 0 Å². The van der Waals surface area contributed by atoms with Crippen LogP contribution in [0.1, 0.15) is 17.2 Å². The standard InChI is InChI=1S/C16H12F2N2O/c17-12-2-3-13(18)11(7-12)9-16(21)10-1-4-14-15(8-10)20-6-5-19-14/h1-8,16,21H,9H2. The van der Waals surface area contributed by atoms with Gasteiger partial charge in [-0.25, -0.2) is 8.78 Å². The van der Waals surface area contributed by atoms with Gasteiger partial charge in [-0.1, -0.05) is 6.07 Å². The molecule has 0 radical (unpaired) electrons. The summed E-state index contributed by atoms with van der Waals surface area (Å²) in [5, 5.41) is 10.2. The van der Waals surface area contributed by atoms with Gasteiger partial charge < -0.3 is 5.11 Å². The lowest BCUT2D eigenvalue weighted by atomic mass is 10.0. The molecule has 0 amide bonds. The van der Waals surface area contributed by atoms with Crippen LogP contribution >= 0.6 is 0 Å². The van der Waals surface area contributed by atoms with Crippen LogP contribution in [0.2, 0.25) is 0 Å². The van der Waals surface area contributed by atoms with Gasteiger partial charge in [0.05, 0.1) is 17.1 Å². The summed E-state index contributed by atoms with van der Waals surface area (Å²) in [5.41, 5.74) is 2.09. The molecule has 2 aromatic carbocycles.